The smallest absolute Gasteiger partial charge is 0.239 e. The second kappa shape index (κ2) is 10.3. The lowest BCUT2D eigenvalue weighted by Crippen LogP contribution is -2.33. The monoisotopic (exact) mass is 456 g/mol. The van der Waals surface area contributed by atoms with Crippen LogP contribution in [0.2, 0.25) is 5.02 Å². The SMILES string of the molecule is COc1ccc(Oc2ccc(Cc3cc([C@H]4C[C@@H](O)C[C@@H](CO)O4)ccc3Cl)cc2)nn1. The highest BCUT2D eigenvalue weighted by molar-refractivity contribution is 6.31. The van der Waals surface area contributed by atoms with E-state index in [4.69, 9.17) is 25.8 Å². The molecule has 0 bridgehead atoms. The molecular formula is C24H25ClN2O5. The first-order valence-electron chi connectivity index (χ1n) is 10.4. The van der Waals surface area contributed by atoms with Gasteiger partial charge in [-0.25, -0.2) is 0 Å². The molecule has 32 heavy (non-hydrogen) atoms. The van der Waals surface area contributed by atoms with Crippen molar-refractivity contribution < 1.29 is 24.4 Å². The van der Waals surface area contributed by atoms with E-state index in [9.17, 15) is 10.2 Å². The summed E-state index contributed by atoms with van der Waals surface area (Å²) in [6, 6.07) is 16.8. The minimum absolute atomic E-state index is 0.107. The van der Waals surface area contributed by atoms with Crippen LogP contribution in [-0.4, -0.2) is 46.3 Å². The maximum absolute atomic E-state index is 10.1. The van der Waals surface area contributed by atoms with E-state index < -0.39 is 6.10 Å². The summed E-state index contributed by atoms with van der Waals surface area (Å²) < 4.78 is 16.6. The predicted molar refractivity (Wildman–Crippen MR) is 119 cm³/mol. The summed E-state index contributed by atoms with van der Waals surface area (Å²) in [6.45, 7) is -0.107. The number of hydrogen-bond acceptors (Lipinski definition) is 7. The molecule has 1 aliphatic heterocycles. The summed E-state index contributed by atoms with van der Waals surface area (Å²) in [6.07, 6.45) is 0.461. The number of aliphatic hydroxyl groups excluding tert-OH is 2. The fourth-order valence-electron chi connectivity index (χ4n) is 3.74. The molecule has 0 spiro atoms. The highest BCUT2D eigenvalue weighted by Crippen LogP contribution is 2.34. The van der Waals surface area contributed by atoms with Gasteiger partial charge in [-0.3, -0.25) is 0 Å². The van der Waals surface area contributed by atoms with Gasteiger partial charge in [0.05, 0.1) is 32.0 Å². The second-order valence-corrected chi connectivity index (χ2v) is 8.15. The van der Waals surface area contributed by atoms with Crippen LogP contribution >= 0.6 is 11.6 Å². The van der Waals surface area contributed by atoms with Gasteiger partial charge in [-0.2, -0.15) is 0 Å². The predicted octanol–water partition coefficient (Wildman–Crippen LogP) is 4.10. The van der Waals surface area contributed by atoms with Gasteiger partial charge in [0.1, 0.15) is 5.75 Å². The van der Waals surface area contributed by atoms with Gasteiger partial charge in [-0.05, 0) is 41.3 Å². The molecule has 2 aromatic carbocycles. The van der Waals surface area contributed by atoms with Crippen LogP contribution < -0.4 is 9.47 Å². The Balaban J connectivity index is 1.44. The number of rotatable bonds is 7. The molecular weight excluding hydrogens is 432 g/mol. The van der Waals surface area contributed by atoms with Crippen molar-refractivity contribution in [2.24, 2.45) is 0 Å². The minimum atomic E-state index is -0.493. The molecule has 3 atom stereocenters. The fraction of sp³-hybridized carbons (Fsp3) is 0.333. The molecule has 1 fully saturated rings. The molecule has 0 radical (unpaired) electrons. The number of ether oxygens (including phenoxy) is 3. The molecule has 2 N–H and O–H groups in total. The van der Waals surface area contributed by atoms with Crippen LogP contribution in [0.3, 0.4) is 0 Å². The van der Waals surface area contributed by atoms with E-state index in [1.807, 2.05) is 42.5 Å². The topological polar surface area (TPSA) is 93.9 Å². The van der Waals surface area contributed by atoms with Crippen molar-refractivity contribution in [1.29, 1.82) is 0 Å². The molecule has 1 aromatic heterocycles. The lowest BCUT2D eigenvalue weighted by Gasteiger charge is -2.32. The van der Waals surface area contributed by atoms with Gasteiger partial charge in [0.15, 0.2) is 0 Å². The van der Waals surface area contributed by atoms with E-state index in [1.54, 1.807) is 12.1 Å². The summed E-state index contributed by atoms with van der Waals surface area (Å²) in [7, 11) is 1.53. The van der Waals surface area contributed by atoms with Crippen LogP contribution in [0.1, 0.15) is 35.6 Å². The summed E-state index contributed by atoms with van der Waals surface area (Å²) >= 11 is 6.45. The molecule has 1 aliphatic rings. The Bertz CT molecular complexity index is 1030. The maximum Gasteiger partial charge on any atom is 0.239 e. The Morgan fingerprint density at radius 2 is 1.78 bits per heavy atom. The zero-order valence-electron chi connectivity index (χ0n) is 17.6. The van der Waals surface area contributed by atoms with Gasteiger partial charge >= 0.3 is 0 Å². The lowest BCUT2D eigenvalue weighted by molar-refractivity contribution is -0.113. The summed E-state index contributed by atoms with van der Waals surface area (Å²) in [5, 5.41) is 28.0. The van der Waals surface area contributed by atoms with Gasteiger partial charge in [-0.1, -0.05) is 35.9 Å². The first kappa shape index (κ1) is 22.5. The summed E-state index contributed by atoms with van der Waals surface area (Å²) in [4.78, 5) is 0. The van der Waals surface area contributed by atoms with Gasteiger partial charge < -0.3 is 24.4 Å². The number of hydrogen-bond donors (Lipinski definition) is 2. The Hall–Kier alpha value is -2.71. The zero-order valence-corrected chi connectivity index (χ0v) is 18.4. The van der Waals surface area contributed by atoms with Crippen molar-refractivity contribution in [2.45, 2.75) is 37.6 Å². The number of benzene rings is 2. The summed E-state index contributed by atoms with van der Waals surface area (Å²) in [5.41, 5.74) is 2.97. The normalized spacial score (nSPS) is 20.7. The average Bonchev–Trinajstić information content (AvgIpc) is 2.81. The second-order valence-electron chi connectivity index (χ2n) is 7.74. The van der Waals surface area contributed by atoms with Crippen LogP contribution in [0.5, 0.6) is 17.5 Å². The van der Waals surface area contributed by atoms with Crippen molar-refractivity contribution in [3.8, 4) is 17.5 Å². The Labute approximate surface area is 191 Å². The van der Waals surface area contributed by atoms with Crippen LogP contribution in [0.25, 0.3) is 0 Å². The van der Waals surface area contributed by atoms with Crippen molar-refractivity contribution in [3.63, 3.8) is 0 Å². The Kier molecular flexibility index (Phi) is 7.22. The van der Waals surface area contributed by atoms with Crippen LogP contribution in [-0.2, 0) is 11.2 Å². The molecule has 7 nitrogen and oxygen atoms in total. The highest BCUT2D eigenvalue weighted by Gasteiger charge is 2.29. The third kappa shape index (κ3) is 5.55. The Morgan fingerprint density at radius 3 is 2.47 bits per heavy atom. The zero-order chi connectivity index (χ0) is 22.5. The number of aliphatic hydroxyl groups is 2. The van der Waals surface area contributed by atoms with Crippen molar-refractivity contribution in [1.82, 2.24) is 10.2 Å². The van der Waals surface area contributed by atoms with Gasteiger partial charge in [-0.15, -0.1) is 10.2 Å². The van der Waals surface area contributed by atoms with Crippen LogP contribution in [0, 0.1) is 0 Å². The molecule has 0 aliphatic carbocycles. The first-order chi connectivity index (χ1) is 15.5. The molecule has 168 valence electrons. The van der Waals surface area contributed by atoms with Crippen molar-refractivity contribution >= 4 is 11.6 Å². The van der Waals surface area contributed by atoms with Crippen LogP contribution in [0.15, 0.2) is 54.6 Å². The molecule has 2 heterocycles. The van der Waals surface area contributed by atoms with E-state index in [2.05, 4.69) is 10.2 Å². The molecule has 0 saturated carbocycles. The Morgan fingerprint density at radius 1 is 1.03 bits per heavy atom. The number of aromatic nitrogens is 2. The van der Waals surface area contributed by atoms with Gasteiger partial charge in [0, 0.05) is 30.0 Å². The van der Waals surface area contributed by atoms with Crippen molar-refractivity contribution in [3.05, 3.63) is 76.3 Å². The first-order valence-corrected chi connectivity index (χ1v) is 10.8. The fourth-order valence-corrected chi connectivity index (χ4v) is 3.92. The number of halogens is 1. The molecule has 4 rings (SSSR count). The molecule has 0 unspecified atom stereocenters. The number of methoxy groups -OCH3 is 1. The standard InChI is InChI=1S/C24H25ClN2O5/c1-30-23-8-9-24(27-26-23)32-19-5-2-15(3-6-19)10-17-11-16(4-7-21(17)25)22-13-18(29)12-20(14-28)31-22/h2-9,11,18,20,22,28-29H,10,12-14H2,1H3/t18-,20-,22+/m0/s1. The van der Waals surface area contributed by atoms with E-state index >= 15 is 0 Å². The number of nitrogens with zero attached hydrogens (tertiary/aromatic N) is 2. The van der Waals surface area contributed by atoms with Crippen LogP contribution in [0.4, 0.5) is 0 Å². The molecule has 1 saturated heterocycles. The highest BCUT2D eigenvalue weighted by atomic mass is 35.5. The summed E-state index contributed by atoms with van der Waals surface area (Å²) in [5.74, 6) is 1.45. The van der Waals surface area contributed by atoms with E-state index in [0.29, 0.717) is 41.8 Å². The minimum Gasteiger partial charge on any atom is -0.480 e. The van der Waals surface area contributed by atoms with E-state index in [-0.39, 0.29) is 18.8 Å². The largest absolute Gasteiger partial charge is 0.480 e. The van der Waals surface area contributed by atoms with E-state index in [1.165, 1.54) is 7.11 Å². The molecule has 3 aromatic rings. The maximum atomic E-state index is 10.1. The van der Waals surface area contributed by atoms with Crippen molar-refractivity contribution in [2.75, 3.05) is 13.7 Å². The quantitative estimate of drug-likeness (QED) is 0.552. The van der Waals surface area contributed by atoms with Gasteiger partial charge in [0.25, 0.3) is 0 Å². The average molecular weight is 457 g/mol. The third-order valence-corrected chi connectivity index (χ3v) is 5.76. The molecule has 8 heteroatoms. The van der Waals surface area contributed by atoms with E-state index in [0.717, 1.165) is 16.7 Å². The lowest BCUT2D eigenvalue weighted by atomic mass is 9.94. The molecule has 0 amide bonds. The van der Waals surface area contributed by atoms with Gasteiger partial charge in [0.2, 0.25) is 11.8 Å². The third-order valence-electron chi connectivity index (χ3n) is 5.39.